The molecule has 548 valence electrons. The van der Waals surface area contributed by atoms with E-state index in [1.165, 1.54) is 32.1 Å². The molecule has 8 rings (SSSR count). The van der Waals surface area contributed by atoms with Gasteiger partial charge in [0.05, 0.1) is 74.8 Å². The zero-order valence-electron chi connectivity index (χ0n) is 55.8. The highest BCUT2D eigenvalue weighted by atomic mass is 19.2. The van der Waals surface area contributed by atoms with Crippen LogP contribution in [0.3, 0.4) is 0 Å². The molecule has 6 N–H and O–H groups in total. The highest BCUT2D eigenvalue weighted by Gasteiger charge is 2.59. The number of carbonyl (C=O) groups is 6. The number of hydrogen-bond acceptors (Lipinski definition) is 18. The van der Waals surface area contributed by atoms with Crippen LogP contribution in [-0.4, -0.2) is 166 Å². The quantitative estimate of drug-likeness (QED) is 0.00991. The zero-order valence-corrected chi connectivity index (χ0v) is 55.8. The number of carboxylic acids is 1. The molecule has 0 aliphatic carbocycles. The van der Waals surface area contributed by atoms with Gasteiger partial charge in [-0.2, -0.15) is 17.6 Å². The van der Waals surface area contributed by atoms with Crippen molar-refractivity contribution < 1.29 is 136 Å². The van der Waals surface area contributed by atoms with Gasteiger partial charge in [-0.15, -0.1) is 0 Å². The van der Waals surface area contributed by atoms with E-state index >= 15 is 0 Å². The first kappa shape index (κ1) is 80.5. The average Bonchev–Trinajstić information content (AvgIpc) is 1.61. The first-order valence-electron chi connectivity index (χ1n) is 31.8. The molecule has 6 heterocycles. The van der Waals surface area contributed by atoms with E-state index < -0.39 is 160 Å². The summed E-state index contributed by atoms with van der Waals surface area (Å²) in [5.74, 6) is -29.4. The third kappa shape index (κ3) is 22.2. The van der Waals surface area contributed by atoms with Gasteiger partial charge in [0, 0.05) is 38.8 Å². The number of ether oxygens (including phenoxy) is 9. The number of phenolic OH excluding ortho intramolecular Hbond substituents is 1. The molecule has 2 spiro atoms. The Bertz CT molecular complexity index is 3310. The fraction of sp³-hybridized carbons (Fsp3) is 0.559. The first-order valence-corrected chi connectivity index (χ1v) is 31.8. The van der Waals surface area contributed by atoms with Crippen LogP contribution in [0.15, 0.2) is 71.9 Å². The van der Waals surface area contributed by atoms with Crippen molar-refractivity contribution in [2.75, 3.05) is 13.2 Å². The van der Waals surface area contributed by atoms with Crippen LogP contribution in [0.4, 0.5) is 43.9 Å². The van der Waals surface area contributed by atoms with Gasteiger partial charge < -0.3 is 73.7 Å². The summed E-state index contributed by atoms with van der Waals surface area (Å²) >= 11 is 0. The molecule has 6 saturated heterocycles. The number of aliphatic carboxylic acids is 1. The van der Waals surface area contributed by atoms with Crippen molar-refractivity contribution >= 4 is 35.7 Å². The number of aliphatic hydroxyl groups excluding tert-OH is 2. The second-order valence-electron chi connectivity index (χ2n) is 25.4. The SMILES string of the molecule is CC(=O)O[C@@H](C)/C=C\C(=O)N[C@@H]1C[C@H](C)[C@H](C/C=C(C)/C=C/[C@H]2O[C@H](CC(=O)O)C[C@@]3(CO3)[C@H]2O)O[C@@H]1C.CC(=O)O[C@@H](C)/C=C\C(=O)N[C@@H]1C[C@H](C)[C@H](C/C=C(C)/C=C/[C@H]2O[C@H](CC(=O)Oc3c(F)c(F)c(F)c(F)c3F)C[C@@]3(CO3)[C@H]2O)O[C@@H]1C.Oc1c(F)c(F)c(F)c(F)c1F. The first-order chi connectivity index (χ1) is 46.3. The summed E-state index contributed by atoms with van der Waals surface area (Å²) in [6, 6.07) is -0.353. The molecule has 6 fully saturated rings. The smallest absolute Gasteiger partial charge is 0.314 e. The molecule has 0 bridgehead atoms. The van der Waals surface area contributed by atoms with Crippen molar-refractivity contribution in [1.82, 2.24) is 10.6 Å². The average molecular weight is 1420 g/mol. The van der Waals surface area contributed by atoms with Gasteiger partial charge in [-0.25, -0.2) is 26.3 Å². The van der Waals surface area contributed by atoms with Crippen molar-refractivity contribution in [1.29, 1.82) is 0 Å². The van der Waals surface area contributed by atoms with Gasteiger partial charge in [0.25, 0.3) is 0 Å². The van der Waals surface area contributed by atoms with Crippen LogP contribution in [-0.2, 0) is 66.7 Å². The molecule has 21 nitrogen and oxygen atoms in total. The van der Waals surface area contributed by atoms with Crippen LogP contribution in [0.5, 0.6) is 11.5 Å². The van der Waals surface area contributed by atoms with E-state index in [2.05, 4.69) is 28.4 Å². The van der Waals surface area contributed by atoms with Crippen LogP contribution >= 0.6 is 0 Å². The largest absolute Gasteiger partial charge is 0.503 e. The van der Waals surface area contributed by atoms with Crippen molar-refractivity contribution in [2.24, 2.45) is 11.8 Å². The number of carboxylic acid groups (broad SMARTS) is 1. The number of phenols is 1. The Morgan fingerprint density at radius 2 is 0.899 bits per heavy atom. The predicted molar refractivity (Wildman–Crippen MR) is 328 cm³/mol. The third-order valence-electron chi connectivity index (χ3n) is 17.2. The molecule has 0 aromatic heterocycles. The molecule has 2 aromatic carbocycles. The zero-order chi connectivity index (χ0) is 73.7. The molecule has 31 heteroatoms. The fourth-order valence-corrected chi connectivity index (χ4v) is 11.6. The van der Waals surface area contributed by atoms with Crippen LogP contribution in [0.2, 0.25) is 0 Å². The number of epoxide rings is 2. The van der Waals surface area contributed by atoms with E-state index in [9.17, 15) is 82.9 Å². The summed E-state index contributed by atoms with van der Waals surface area (Å²) in [5.41, 5.74) is 0.0529. The normalized spacial score (nSPS) is 30.5. The number of benzene rings is 2. The number of esters is 3. The molecule has 2 amide bonds. The minimum absolute atomic E-state index is 0.0133. The number of halogens is 10. The minimum atomic E-state index is -2.38. The van der Waals surface area contributed by atoms with E-state index in [1.54, 1.807) is 38.2 Å². The summed E-state index contributed by atoms with van der Waals surface area (Å²) in [4.78, 5) is 70.3. The van der Waals surface area contributed by atoms with Crippen molar-refractivity contribution in [3.05, 3.63) is 130 Å². The summed E-state index contributed by atoms with van der Waals surface area (Å²) in [6.07, 6.45) is 12.4. The Labute approximate surface area is 564 Å². The van der Waals surface area contributed by atoms with E-state index in [-0.39, 0.29) is 79.6 Å². The number of allylic oxidation sites excluding steroid dienone is 4. The standard InChI is InChI=1S/C34H40F5NO9.C28H41NO9.C6HF5O/c1-16(6-9-23-17(2)12-22(19(4)47-23)40-25(42)11-8-18(3)46-20(5)41)7-10-24-33(44)34(15-45-34)14-21(48-24)13-26(43)49-32-30(38)28(36)27(35)29(37)31(32)39;1-16(7-10-24-27(34)28(15-35-28)14-21(38-24)13-26(32)33)6-9-23-17(2)12-22(19(4)37-23)29-25(31)11-8-18(3)36-20(5)30;7-1-2(8)4(10)6(12)5(11)3(1)9/h6-8,10-11,17-19,21-24,33,44H,9,12-15H2,1-5H3,(H,40,42);6-8,10-11,17-19,21-24,27,34H,9,12-15H2,1-5H3,(H,29,31)(H,32,33);12H/b2*10-7+,11-8-,16-6+;/t17-,18-,19+,21+,22+,23-,24+,33-,34+;17-,18-,19+,21+,22+,23-,24+,27-,28+;/m00./s1. The second kappa shape index (κ2) is 35.2. The summed E-state index contributed by atoms with van der Waals surface area (Å²) in [5, 5.41) is 44.9. The number of aromatic hydroxyl groups is 1. The fourth-order valence-electron chi connectivity index (χ4n) is 11.6. The number of nitrogens with one attached hydrogen (secondary N) is 2. The van der Waals surface area contributed by atoms with Crippen LogP contribution in [0.1, 0.15) is 121 Å². The Hall–Kier alpha value is -7.52. The molecule has 2 aromatic rings. The lowest BCUT2D eigenvalue weighted by Gasteiger charge is -2.39. The molecule has 0 radical (unpaired) electrons. The summed E-state index contributed by atoms with van der Waals surface area (Å²) < 4.78 is 179. The van der Waals surface area contributed by atoms with Gasteiger partial charge >= 0.3 is 23.9 Å². The molecule has 6 aliphatic heterocycles. The number of amides is 2. The van der Waals surface area contributed by atoms with Gasteiger partial charge in [-0.1, -0.05) is 61.4 Å². The van der Waals surface area contributed by atoms with Crippen molar-refractivity contribution in [2.45, 2.75) is 217 Å². The maximum atomic E-state index is 14.0. The molecular weight excluding hydrogens is 1340 g/mol. The molecule has 0 saturated carbocycles. The Morgan fingerprint density at radius 1 is 0.545 bits per heavy atom. The van der Waals surface area contributed by atoms with Crippen LogP contribution in [0.25, 0.3) is 0 Å². The van der Waals surface area contributed by atoms with E-state index in [4.69, 9.17) is 48.1 Å². The number of rotatable bonds is 21. The Morgan fingerprint density at radius 3 is 1.25 bits per heavy atom. The molecular formula is C68H82F10N2O19. The summed E-state index contributed by atoms with van der Waals surface area (Å²) in [6.45, 7) is 18.2. The number of hydrogen-bond donors (Lipinski definition) is 6. The van der Waals surface area contributed by atoms with Gasteiger partial charge in [-0.05, 0) is 91.2 Å². The highest BCUT2D eigenvalue weighted by Crippen LogP contribution is 2.45. The third-order valence-corrected chi connectivity index (χ3v) is 17.2. The lowest BCUT2D eigenvalue weighted by atomic mass is 9.87. The maximum Gasteiger partial charge on any atom is 0.314 e. The highest BCUT2D eigenvalue weighted by molar-refractivity contribution is 5.88. The van der Waals surface area contributed by atoms with Crippen LogP contribution in [0, 0.1) is 70.0 Å². The van der Waals surface area contributed by atoms with Gasteiger partial charge in [0.2, 0.25) is 75.7 Å². The van der Waals surface area contributed by atoms with Crippen LogP contribution < -0.4 is 15.4 Å². The minimum Gasteiger partial charge on any atom is -0.503 e. The number of carbonyl (C=O) groups excluding carboxylic acids is 5. The molecule has 18 atom stereocenters. The molecule has 99 heavy (non-hydrogen) atoms. The van der Waals surface area contributed by atoms with E-state index in [0.717, 1.165) is 17.6 Å². The van der Waals surface area contributed by atoms with E-state index in [1.807, 2.05) is 46.8 Å². The monoisotopic (exact) mass is 1420 g/mol. The lowest BCUT2D eigenvalue weighted by molar-refractivity contribution is -0.155. The Kier molecular flexibility index (Phi) is 28.6. The summed E-state index contributed by atoms with van der Waals surface area (Å²) in [7, 11) is 0. The van der Waals surface area contributed by atoms with Crippen molar-refractivity contribution in [3.63, 3.8) is 0 Å². The second-order valence-corrected chi connectivity index (χ2v) is 25.4. The van der Waals surface area contributed by atoms with Crippen molar-refractivity contribution in [3.8, 4) is 11.5 Å². The van der Waals surface area contributed by atoms with Gasteiger partial charge in [0.1, 0.15) is 47.8 Å². The van der Waals surface area contributed by atoms with E-state index in [0.29, 0.717) is 32.3 Å². The predicted octanol–water partition coefficient (Wildman–Crippen LogP) is 9.20. The topological polar surface area (TPSA) is 297 Å². The molecule has 0 unspecified atom stereocenters. The lowest BCUT2D eigenvalue weighted by Crippen LogP contribution is -2.50. The van der Waals surface area contributed by atoms with Gasteiger partial charge in [-0.3, -0.25) is 28.8 Å². The Balaban J connectivity index is 0.000000272. The number of aliphatic hydroxyl groups is 2. The maximum absolute atomic E-state index is 14.0. The van der Waals surface area contributed by atoms with Gasteiger partial charge in [0.15, 0.2) is 5.75 Å². The molecule has 6 aliphatic rings.